The summed E-state index contributed by atoms with van der Waals surface area (Å²) in [4.78, 5) is 4.10. The summed E-state index contributed by atoms with van der Waals surface area (Å²) in [5, 5.41) is 14.5. The van der Waals surface area contributed by atoms with Crippen LogP contribution in [0.5, 0.6) is 5.75 Å². The minimum Gasteiger partial charge on any atom is -0.492 e. The van der Waals surface area contributed by atoms with Crippen LogP contribution in [0.3, 0.4) is 0 Å². The molecule has 0 spiro atoms. The molecule has 1 fully saturated rings. The van der Waals surface area contributed by atoms with Crippen molar-refractivity contribution in [3.8, 4) is 5.75 Å². The second kappa shape index (κ2) is 8.08. The van der Waals surface area contributed by atoms with E-state index in [0.717, 1.165) is 31.8 Å². The molecule has 2 aromatic rings. The molecule has 23 heavy (non-hydrogen) atoms. The fourth-order valence-electron chi connectivity index (χ4n) is 3.26. The summed E-state index contributed by atoms with van der Waals surface area (Å²) in [6.45, 7) is 5.78. The Balaban J connectivity index is 1.70. The van der Waals surface area contributed by atoms with Crippen molar-refractivity contribution < 1.29 is 4.74 Å². The molecule has 3 N–H and O–H groups in total. The van der Waals surface area contributed by atoms with Gasteiger partial charge in [0.1, 0.15) is 5.75 Å². The molecule has 3 heterocycles. The Morgan fingerprint density at radius 3 is 3.00 bits per heavy atom. The van der Waals surface area contributed by atoms with Gasteiger partial charge in [0.05, 0.1) is 12.8 Å². The van der Waals surface area contributed by atoms with Gasteiger partial charge in [0.25, 0.3) is 0 Å². The molecule has 6 nitrogen and oxygen atoms in total. The highest BCUT2D eigenvalue weighted by Gasteiger charge is 2.35. The Morgan fingerprint density at radius 2 is 2.26 bits per heavy atom. The zero-order valence-electron chi connectivity index (χ0n) is 13.5. The Hall–Kier alpha value is -1.92. The molecule has 0 bridgehead atoms. The molecule has 1 aliphatic rings. The molecule has 3 rings (SSSR count). The predicted octanol–water partition coefficient (Wildman–Crippen LogP) is 1.55. The first kappa shape index (κ1) is 16.0. The Morgan fingerprint density at radius 1 is 1.30 bits per heavy atom. The van der Waals surface area contributed by atoms with Gasteiger partial charge < -0.3 is 15.4 Å². The number of ether oxygens (including phenoxy) is 1. The fourth-order valence-corrected chi connectivity index (χ4v) is 3.26. The highest BCUT2D eigenvalue weighted by molar-refractivity contribution is 5.17. The third-order valence-corrected chi connectivity index (χ3v) is 4.35. The van der Waals surface area contributed by atoms with Crippen molar-refractivity contribution in [2.45, 2.75) is 25.3 Å². The molecule has 0 aliphatic carbocycles. The molecule has 1 aliphatic heterocycles. The van der Waals surface area contributed by atoms with Crippen LogP contribution in [0.1, 0.15) is 25.0 Å². The summed E-state index contributed by atoms with van der Waals surface area (Å²) in [7, 11) is 0. The fraction of sp³-hybridized carbons (Fsp3) is 0.529. The number of aromatic amines is 1. The molecule has 0 aromatic carbocycles. The summed E-state index contributed by atoms with van der Waals surface area (Å²) < 4.78 is 5.96. The summed E-state index contributed by atoms with van der Waals surface area (Å²) in [5.74, 6) is 1.56. The molecule has 3 unspecified atom stereocenters. The first-order chi connectivity index (χ1) is 11.4. The van der Waals surface area contributed by atoms with Gasteiger partial charge in [0.2, 0.25) is 0 Å². The third-order valence-electron chi connectivity index (χ3n) is 4.35. The Bertz CT molecular complexity index is 560. The van der Waals surface area contributed by atoms with Crippen molar-refractivity contribution in [2.24, 2.45) is 5.92 Å². The number of nitrogens with zero attached hydrogens (tertiary/aromatic N) is 2. The lowest BCUT2D eigenvalue weighted by atomic mass is 9.80. The monoisotopic (exact) mass is 315 g/mol. The standard InChI is InChI=1S/C17H25N5O/c1-2-6-20-16-11-19-9-13(17(16)15-5-8-21-22-15)12-23-14-4-3-7-18-10-14/h3-5,7-8,10,13,16-17,19-20H,2,6,9,11-12H2,1H3,(H,21,22). The van der Waals surface area contributed by atoms with Crippen LogP contribution in [-0.4, -0.2) is 47.5 Å². The lowest BCUT2D eigenvalue weighted by Gasteiger charge is -2.38. The quantitative estimate of drug-likeness (QED) is 0.723. The van der Waals surface area contributed by atoms with Gasteiger partial charge in [0, 0.05) is 49.1 Å². The summed E-state index contributed by atoms with van der Waals surface area (Å²) >= 11 is 0. The van der Waals surface area contributed by atoms with Crippen LogP contribution in [0, 0.1) is 5.92 Å². The van der Waals surface area contributed by atoms with Crippen LogP contribution in [0.25, 0.3) is 0 Å². The largest absolute Gasteiger partial charge is 0.492 e. The zero-order chi connectivity index (χ0) is 15.9. The van der Waals surface area contributed by atoms with Crippen LogP contribution >= 0.6 is 0 Å². The summed E-state index contributed by atoms with van der Waals surface area (Å²) in [6.07, 6.45) is 6.47. The molecule has 6 heteroatoms. The maximum atomic E-state index is 5.96. The number of hydrogen-bond acceptors (Lipinski definition) is 5. The second-order valence-corrected chi connectivity index (χ2v) is 6.02. The summed E-state index contributed by atoms with van der Waals surface area (Å²) in [6, 6.07) is 6.30. The van der Waals surface area contributed by atoms with Crippen LogP contribution in [0.2, 0.25) is 0 Å². The SMILES string of the molecule is CCCNC1CNCC(COc2cccnc2)C1c1ccn[nH]1. The van der Waals surface area contributed by atoms with Gasteiger partial charge in [-0.2, -0.15) is 5.10 Å². The van der Waals surface area contributed by atoms with Crippen LogP contribution in [-0.2, 0) is 0 Å². The maximum absolute atomic E-state index is 5.96. The van der Waals surface area contributed by atoms with E-state index in [1.54, 1.807) is 12.4 Å². The number of H-pyrrole nitrogens is 1. The van der Waals surface area contributed by atoms with Gasteiger partial charge in [-0.05, 0) is 31.2 Å². The Labute approximate surface area is 137 Å². The minimum atomic E-state index is 0.363. The van der Waals surface area contributed by atoms with Gasteiger partial charge in [-0.1, -0.05) is 6.92 Å². The molecule has 2 aromatic heterocycles. The van der Waals surface area contributed by atoms with Crippen molar-refractivity contribution in [2.75, 3.05) is 26.2 Å². The molecular formula is C17H25N5O. The second-order valence-electron chi connectivity index (χ2n) is 6.02. The van der Waals surface area contributed by atoms with Gasteiger partial charge in [-0.15, -0.1) is 0 Å². The number of rotatable bonds is 7. The van der Waals surface area contributed by atoms with E-state index in [9.17, 15) is 0 Å². The highest BCUT2D eigenvalue weighted by Crippen LogP contribution is 2.30. The molecule has 0 saturated carbocycles. The van der Waals surface area contributed by atoms with E-state index in [2.05, 4.69) is 38.8 Å². The first-order valence-corrected chi connectivity index (χ1v) is 8.34. The highest BCUT2D eigenvalue weighted by atomic mass is 16.5. The first-order valence-electron chi connectivity index (χ1n) is 8.34. The Kier molecular flexibility index (Phi) is 5.60. The van der Waals surface area contributed by atoms with E-state index >= 15 is 0 Å². The summed E-state index contributed by atoms with van der Waals surface area (Å²) in [5.41, 5.74) is 1.18. The number of nitrogens with one attached hydrogen (secondary N) is 3. The predicted molar refractivity (Wildman–Crippen MR) is 89.5 cm³/mol. The van der Waals surface area contributed by atoms with Crippen molar-refractivity contribution in [3.05, 3.63) is 42.5 Å². The van der Waals surface area contributed by atoms with Gasteiger partial charge in [-0.3, -0.25) is 10.1 Å². The van der Waals surface area contributed by atoms with Crippen molar-refractivity contribution >= 4 is 0 Å². The molecular weight excluding hydrogens is 290 g/mol. The topological polar surface area (TPSA) is 74.9 Å². The third kappa shape index (κ3) is 4.09. The van der Waals surface area contributed by atoms with E-state index in [1.165, 1.54) is 5.69 Å². The van der Waals surface area contributed by atoms with Gasteiger partial charge in [-0.25, -0.2) is 0 Å². The van der Waals surface area contributed by atoms with E-state index in [0.29, 0.717) is 24.5 Å². The van der Waals surface area contributed by atoms with E-state index < -0.39 is 0 Å². The number of pyridine rings is 1. The van der Waals surface area contributed by atoms with E-state index in [-0.39, 0.29) is 0 Å². The number of aromatic nitrogens is 3. The molecule has 0 radical (unpaired) electrons. The van der Waals surface area contributed by atoms with E-state index in [4.69, 9.17) is 4.74 Å². The average molecular weight is 315 g/mol. The van der Waals surface area contributed by atoms with E-state index in [1.807, 2.05) is 18.3 Å². The van der Waals surface area contributed by atoms with Gasteiger partial charge >= 0.3 is 0 Å². The van der Waals surface area contributed by atoms with Crippen LogP contribution in [0.15, 0.2) is 36.8 Å². The molecule has 0 amide bonds. The van der Waals surface area contributed by atoms with Crippen LogP contribution in [0.4, 0.5) is 0 Å². The smallest absolute Gasteiger partial charge is 0.137 e. The normalized spacial score (nSPS) is 24.5. The lowest BCUT2D eigenvalue weighted by molar-refractivity contribution is 0.169. The maximum Gasteiger partial charge on any atom is 0.137 e. The van der Waals surface area contributed by atoms with Crippen LogP contribution < -0.4 is 15.4 Å². The van der Waals surface area contributed by atoms with Crippen molar-refractivity contribution in [3.63, 3.8) is 0 Å². The molecule has 124 valence electrons. The number of piperidine rings is 1. The molecule has 3 atom stereocenters. The number of hydrogen-bond donors (Lipinski definition) is 3. The molecule has 1 saturated heterocycles. The minimum absolute atomic E-state index is 0.363. The zero-order valence-corrected chi connectivity index (χ0v) is 13.5. The van der Waals surface area contributed by atoms with Crippen molar-refractivity contribution in [1.82, 2.24) is 25.8 Å². The van der Waals surface area contributed by atoms with Gasteiger partial charge in [0.15, 0.2) is 0 Å². The lowest BCUT2D eigenvalue weighted by Crippen LogP contribution is -2.53. The van der Waals surface area contributed by atoms with Crippen molar-refractivity contribution in [1.29, 1.82) is 0 Å². The average Bonchev–Trinajstić information content (AvgIpc) is 3.13.